The fourth-order valence-corrected chi connectivity index (χ4v) is 7.36. The lowest BCUT2D eigenvalue weighted by atomic mass is 9.98. The summed E-state index contributed by atoms with van der Waals surface area (Å²) < 4.78 is 2.37. The fraction of sp³-hybridized carbons (Fsp3) is 0. The molecule has 7 aromatic carbocycles. The fourth-order valence-electron chi connectivity index (χ4n) is 7.36. The SMILES string of the molecule is c1ccc(-c2cc(-c3ccccc3)nc(-c3ccc(-n4c5ccccc5c5cc6c(cc54)c(-c4ccccc4)nc4ccccc46)cc3)n2)cc1. The zero-order valence-corrected chi connectivity index (χ0v) is 27.6. The number of aromatic nitrogens is 4. The molecule has 0 saturated carbocycles. The second-order valence-electron chi connectivity index (χ2n) is 12.9. The lowest BCUT2D eigenvalue weighted by Crippen LogP contribution is -1.97. The summed E-state index contributed by atoms with van der Waals surface area (Å²) in [5, 5.41) is 5.92. The summed E-state index contributed by atoms with van der Waals surface area (Å²) in [6, 6.07) is 63.7. The summed E-state index contributed by atoms with van der Waals surface area (Å²) in [6.45, 7) is 0. The molecule has 3 aromatic heterocycles. The van der Waals surface area contributed by atoms with Crippen molar-refractivity contribution >= 4 is 43.5 Å². The minimum absolute atomic E-state index is 0.695. The van der Waals surface area contributed by atoms with Gasteiger partial charge in [-0.25, -0.2) is 15.0 Å². The predicted octanol–water partition coefficient (Wildman–Crippen LogP) is 11.9. The van der Waals surface area contributed by atoms with Gasteiger partial charge in [-0.3, -0.25) is 0 Å². The highest BCUT2D eigenvalue weighted by molar-refractivity contribution is 6.20. The highest BCUT2D eigenvalue weighted by Crippen LogP contribution is 2.40. The van der Waals surface area contributed by atoms with Crippen molar-refractivity contribution in [2.24, 2.45) is 0 Å². The van der Waals surface area contributed by atoms with Crippen LogP contribution in [0.1, 0.15) is 0 Å². The molecule has 4 heteroatoms. The van der Waals surface area contributed by atoms with Crippen molar-refractivity contribution in [3.05, 3.63) is 182 Å². The van der Waals surface area contributed by atoms with Crippen LogP contribution in [0.15, 0.2) is 182 Å². The minimum atomic E-state index is 0.695. The van der Waals surface area contributed by atoms with Crippen LogP contribution in [0, 0.1) is 0 Å². The van der Waals surface area contributed by atoms with E-state index in [4.69, 9.17) is 15.0 Å². The van der Waals surface area contributed by atoms with Gasteiger partial charge in [-0.05, 0) is 60.0 Å². The summed E-state index contributed by atoms with van der Waals surface area (Å²) in [4.78, 5) is 15.3. The average molecular weight is 651 g/mol. The van der Waals surface area contributed by atoms with Crippen LogP contribution in [0.25, 0.3) is 94.3 Å². The number of rotatable bonds is 5. The molecule has 0 aliphatic carbocycles. The standard InChI is InChI=1S/C47H30N4/c1-4-14-31(15-5-1)42-30-43(32-16-6-2-7-17-32)50-47(49-42)34-24-26-35(27-25-34)51-44-23-13-11-21-37(44)39-28-38-36-20-10-12-22-41(36)48-46(40(38)29-45(39)51)33-18-8-3-9-19-33/h1-30H. The monoisotopic (exact) mass is 650 g/mol. The maximum atomic E-state index is 5.22. The molecule has 0 saturated heterocycles. The predicted molar refractivity (Wildman–Crippen MR) is 211 cm³/mol. The largest absolute Gasteiger partial charge is 0.309 e. The Bertz CT molecular complexity index is 2820. The highest BCUT2D eigenvalue weighted by atomic mass is 15.0. The maximum Gasteiger partial charge on any atom is 0.160 e. The van der Waals surface area contributed by atoms with E-state index in [2.05, 4.69) is 150 Å². The number of benzene rings is 7. The molecule has 4 nitrogen and oxygen atoms in total. The summed E-state index contributed by atoms with van der Waals surface area (Å²) in [5.74, 6) is 0.695. The lowest BCUT2D eigenvalue weighted by molar-refractivity contribution is 1.16. The molecule has 3 heterocycles. The van der Waals surface area contributed by atoms with Gasteiger partial charge in [0.15, 0.2) is 5.82 Å². The van der Waals surface area contributed by atoms with E-state index >= 15 is 0 Å². The number of pyridine rings is 1. The number of hydrogen-bond donors (Lipinski definition) is 0. The first kappa shape index (κ1) is 29.0. The van der Waals surface area contributed by atoms with E-state index in [1.54, 1.807) is 0 Å². The van der Waals surface area contributed by atoms with Crippen LogP contribution in [0.3, 0.4) is 0 Å². The van der Waals surface area contributed by atoms with Gasteiger partial charge in [-0.1, -0.05) is 127 Å². The highest BCUT2D eigenvalue weighted by Gasteiger charge is 2.18. The zero-order valence-electron chi connectivity index (χ0n) is 27.6. The molecule has 0 fully saturated rings. The van der Waals surface area contributed by atoms with Crippen molar-refractivity contribution in [1.29, 1.82) is 0 Å². The van der Waals surface area contributed by atoms with Gasteiger partial charge < -0.3 is 4.57 Å². The summed E-state index contributed by atoms with van der Waals surface area (Å²) in [7, 11) is 0. The van der Waals surface area contributed by atoms with Gasteiger partial charge in [-0.2, -0.15) is 0 Å². The first-order valence-corrected chi connectivity index (χ1v) is 17.2. The van der Waals surface area contributed by atoms with Crippen molar-refractivity contribution < 1.29 is 0 Å². The zero-order chi connectivity index (χ0) is 33.7. The van der Waals surface area contributed by atoms with Gasteiger partial charge in [0.1, 0.15) is 0 Å². The molecule has 0 atom stereocenters. The Morgan fingerprint density at radius 1 is 0.333 bits per heavy atom. The third kappa shape index (κ3) is 4.96. The number of hydrogen-bond acceptors (Lipinski definition) is 3. The van der Waals surface area contributed by atoms with E-state index in [0.29, 0.717) is 5.82 Å². The number of fused-ring (bicyclic) bond motifs is 6. The maximum absolute atomic E-state index is 5.22. The van der Waals surface area contributed by atoms with Crippen LogP contribution in [-0.2, 0) is 0 Å². The molecule has 0 N–H and O–H groups in total. The Morgan fingerprint density at radius 2 is 0.902 bits per heavy atom. The summed E-state index contributed by atoms with van der Waals surface area (Å²) >= 11 is 0. The third-order valence-corrected chi connectivity index (χ3v) is 9.79. The van der Waals surface area contributed by atoms with Gasteiger partial charge in [0.2, 0.25) is 0 Å². The van der Waals surface area contributed by atoms with E-state index in [-0.39, 0.29) is 0 Å². The molecule has 0 radical (unpaired) electrons. The molecule has 0 unspecified atom stereocenters. The first-order chi connectivity index (χ1) is 25.3. The molecule has 10 aromatic rings. The van der Waals surface area contributed by atoms with Gasteiger partial charge in [-0.15, -0.1) is 0 Å². The topological polar surface area (TPSA) is 43.6 Å². The molecule has 51 heavy (non-hydrogen) atoms. The average Bonchev–Trinajstić information content (AvgIpc) is 3.54. The van der Waals surface area contributed by atoms with Gasteiger partial charge in [0, 0.05) is 49.5 Å². The first-order valence-electron chi connectivity index (χ1n) is 17.2. The Balaban J connectivity index is 1.17. The molecule has 0 amide bonds. The van der Waals surface area contributed by atoms with E-state index in [9.17, 15) is 0 Å². The van der Waals surface area contributed by atoms with Gasteiger partial charge >= 0.3 is 0 Å². The second kappa shape index (κ2) is 11.9. The van der Waals surface area contributed by atoms with Crippen molar-refractivity contribution in [3.8, 4) is 50.8 Å². The van der Waals surface area contributed by atoms with Crippen molar-refractivity contribution in [2.45, 2.75) is 0 Å². The molecular weight excluding hydrogens is 621 g/mol. The van der Waals surface area contributed by atoms with Crippen LogP contribution < -0.4 is 0 Å². The van der Waals surface area contributed by atoms with Gasteiger partial charge in [0.05, 0.1) is 33.6 Å². The van der Waals surface area contributed by atoms with E-state index in [0.717, 1.165) is 72.3 Å². The number of para-hydroxylation sites is 2. The van der Waals surface area contributed by atoms with E-state index in [1.807, 2.05) is 36.4 Å². The Hall–Kier alpha value is -6.91. The summed E-state index contributed by atoms with van der Waals surface area (Å²) in [6.07, 6.45) is 0. The molecule has 238 valence electrons. The van der Waals surface area contributed by atoms with E-state index < -0.39 is 0 Å². The molecule has 0 aliphatic heterocycles. The molecule has 0 aliphatic rings. The van der Waals surface area contributed by atoms with Crippen LogP contribution in [-0.4, -0.2) is 19.5 Å². The molecular formula is C47H30N4. The van der Waals surface area contributed by atoms with Crippen molar-refractivity contribution in [2.75, 3.05) is 0 Å². The normalized spacial score (nSPS) is 11.5. The minimum Gasteiger partial charge on any atom is -0.309 e. The molecule has 10 rings (SSSR count). The Kier molecular flexibility index (Phi) is 6.78. The second-order valence-corrected chi connectivity index (χ2v) is 12.9. The smallest absolute Gasteiger partial charge is 0.160 e. The Morgan fingerprint density at radius 3 is 1.57 bits per heavy atom. The van der Waals surface area contributed by atoms with Crippen molar-refractivity contribution in [1.82, 2.24) is 19.5 Å². The molecule has 0 spiro atoms. The summed E-state index contributed by atoms with van der Waals surface area (Å²) in [5.41, 5.74) is 11.3. The van der Waals surface area contributed by atoms with Gasteiger partial charge in [0.25, 0.3) is 0 Å². The molecule has 0 bridgehead atoms. The van der Waals surface area contributed by atoms with Crippen LogP contribution in [0.4, 0.5) is 0 Å². The number of nitrogens with zero attached hydrogens (tertiary/aromatic N) is 4. The van der Waals surface area contributed by atoms with Crippen LogP contribution >= 0.6 is 0 Å². The van der Waals surface area contributed by atoms with E-state index in [1.165, 1.54) is 16.2 Å². The third-order valence-electron chi connectivity index (χ3n) is 9.79. The quantitative estimate of drug-likeness (QED) is 0.174. The van der Waals surface area contributed by atoms with Crippen LogP contribution in [0.5, 0.6) is 0 Å². The Labute approximate surface area is 295 Å². The van der Waals surface area contributed by atoms with Crippen molar-refractivity contribution in [3.63, 3.8) is 0 Å². The van der Waals surface area contributed by atoms with Crippen LogP contribution in [0.2, 0.25) is 0 Å². The lowest BCUT2D eigenvalue weighted by Gasteiger charge is -2.13.